The summed E-state index contributed by atoms with van der Waals surface area (Å²) in [6.45, 7) is 0.423. The maximum Gasteiger partial charge on any atom is 0.243 e. The van der Waals surface area contributed by atoms with Crippen molar-refractivity contribution < 1.29 is 18.3 Å². The van der Waals surface area contributed by atoms with Crippen LogP contribution < -0.4 is 4.72 Å². The molecule has 1 saturated heterocycles. The second-order valence-corrected chi connectivity index (χ2v) is 6.14. The maximum atomic E-state index is 11.9. The maximum absolute atomic E-state index is 11.9. The van der Waals surface area contributed by atoms with Crippen molar-refractivity contribution in [3.8, 4) is 0 Å². The Morgan fingerprint density at radius 1 is 1.50 bits per heavy atom. The fourth-order valence-corrected chi connectivity index (χ4v) is 2.59. The first-order valence-corrected chi connectivity index (χ1v) is 7.05. The molecule has 0 spiro atoms. The highest BCUT2D eigenvalue weighted by Gasteiger charge is 2.33. The van der Waals surface area contributed by atoms with Crippen LogP contribution in [0.2, 0.25) is 5.28 Å². The molecule has 100 valence electrons. The highest BCUT2D eigenvalue weighted by molar-refractivity contribution is 7.89. The average molecular weight is 294 g/mol. The van der Waals surface area contributed by atoms with Crippen LogP contribution in [-0.2, 0) is 14.8 Å². The van der Waals surface area contributed by atoms with E-state index in [2.05, 4.69) is 14.7 Å². The summed E-state index contributed by atoms with van der Waals surface area (Å²) in [6, 6.07) is 0. The summed E-state index contributed by atoms with van der Waals surface area (Å²) in [5.41, 5.74) is -1.15. The number of hydrogen-bond donors (Lipinski definition) is 2. The molecule has 0 amide bonds. The topological polar surface area (TPSA) is 101 Å². The molecule has 1 aliphatic heterocycles. The van der Waals surface area contributed by atoms with Gasteiger partial charge in [-0.3, -0.25) is 0 Å². The number of aromatic nitrogens is 2. The second-order valence-electron chi connectivity index (χ2n) is 4.04. The molecule has 2 heterocycles. The Kier molecular flexibility index (Phi) is 3.83. The van der Waals surface area contributed by atoms with Gasteiger partial charge in [-0.15, -0.1) is 0 Å². The van der Waals surface area contributed by atoms with Crippen LogP contribution in [0.15, 0.2) is 17.3 Å². The van der Waals surface area contributed by atoms with E-state index in [-0.39, 0.29) is 23.3 Å². The van der Waals surface area contributed by atoms with E-state index in [1.807, 2.05) is 0 Å². The van der Waals surface area contributed by atoms with Crippen LogP contribution in [0.3, 0.4) is 0 Å². The summed E-state index contributed by atoms with van der Waals surface area (Å²) in [5, 5.41) is 9.91. The molecule has 0 saturated carbocycles. The minimum absolute atomic E-state index is 0.0308. The lowest BCUT2D eigenvalue weighted by molar-refractivity contribution is 0.0314. The van der Waals surface area contributed by atoms with Crippen LogP contribution in [0.5, 0.6) is 0 Å². The zero-order valence-corrected chi connectivity index (χ0v) is 10.9. The van der Waals surface area contributed by atoms with E-state index in [0.717, 1.165) is 12.4 Å². The molecule has 1 unspecified atom stereocenters. The second kappa shape index (κ2) is 5.06. The summed E-state index contributed by atoms with van der Waals surface area (Å²) < 4.78 is 31.0. The Balaban J connectivity index is 2.05. The van der Waals surface area contributed by atoms with Gasteiger partial charge in [0, 0.05) is 19.6 Å². The van der Waals surface area contributed by atoms with E-state index in [9.17, 15) is 13.5 Å². The van der Waals surface area contributed by atoms with Crippen molar-refractivity contribution >= 4 is 21.6 Å². The highest BCUT2D eigenvalue weighted by Crippen LogP contribution is 2.18. The monoisotopic (exact) mass is 293 g/mol. The molecule has 9 heteroatoms. The standard InChI is InChI=1S/C9H12ClN3O4S/c10-8-11-3-7(4-12-8)18(15,16)13-5-9(14)1-2-17-6-9/h3-4,13-14H,1-2,5-6H2. The fourth-order valence-electron chi connectivity index (χ4n) is 1.49. The lowest BCUT2D eigenvalue weighted by Crippen LogP contribution is -2.43. The Morgan fingerprint density at radius 3 is 2.72 bits per heavy atom. The minimum atomic E-state index is -3.75. The Morgan fingerprint density at radius 2 is 2.17 bits per heavy atom. The first-order chi connectivity index (χ1) is 8.41. The third-order valence-electron chi connectivity index (χ3n) is 2.58. The molecule has 1 fully saturated rings. The number of aliphatic hydroxyl groups is 1. The summed E-state index contributed by atoms with van der Waals surface area (Å²) >= 11 is 5.47. The molecule has 1 aromatic heterocycles. The van der Waals surface area contributed by atoms with Crippen molar-refractivity contribution in [2.45, 2.75) is 16.9 Å². The van der Waals surface area contributed by atoms with Crippen molar-refractivity contribution in [3.05, 3.63) is 17.7 Å². The molecule has 2 rings (SSSR count). The van der Waals surface area contributed by atoms with E-state index in [1.165, 1.54) is 0 Å². The van der Waals surface area contributed by atoms with Gasteiger partial charge < -0.3 is 9.84 Å². The van der Waals surface area contributed by atoms with Gasteiger partial charge in [-0.25, -0.2) is 23.1 Å². The third kappa shape index (κ3) is 3.15. The smallest absolute Gasteiger partial charge is 0.243 e. The molecule has 1 atom stereocenters. The van der Waals surface area contributed by atoms with Gasteiger partial charge in [-0.1, -0.05) is 0 Å². The summed E-state index contributed by atoms with van der Waals surface area (Å²) in [4.78, 5) is 7.08. The summed E-state index contributed by atoms with van der Waals surface area (Å²) in [7, 11) is -3.75. The van der Waals surface area contributed by atoms with Gasteiger partial charge in [-0.05, 0) is 11.6 Å². The molecule has 0 aliphatic carbocycles. The van der Waals surface area contributed by atoms with Gasteiger partial charge in [-0.2, -0.15) is 0 Å². The van der Waals surface area contributed by atoms with Crippen molar-refractivity contribution in [3.63, 3.8) is 0 Å². The van der Waals surface area contributed by atoms with Crippen molar-refractivity contribution in [1.82, 2.24) is 14.7 Å². The van der Waals surface area contributed by atoms with Crippen LogP contribution >= 0.6 is 11.6 Å². The predicted octanol–water partition coefficient (Wildman–Crippen LogP) is -0.440. The normalized spacial score (nSPS) is 24.3. The minimum Gasteiger partial charge on any atom is -0.386 e. The van der Waals surface area contributed by atoms with E-state index >= 15 is 0 Å². The van der Waals surface area contributed by atoms with Crippen LogP contribution in [-0.4, -0.2) is 48.9 Å². The quantitative estimate of drug-likeness (QED) is 0.730. The molecule has 0 bridgehead atoms. The van der Waals surface area contributed by atoms with E-state index in [0.29, 0.717) is 13.0 Å². The molecule has 7 nitrogen and oxygen atoms in total. The Bertz CT molecular complexity index is 513. The molecule has 1 aliphatic rings. The average Bonchev–Trinajstić information content (AvgIpc) is 2.75. The molecule has 2 N–H and O–H groups in total. The lowest BCUT2D eigenvalue weighted by atomic mass is 10.1. The van der Waals surface area contributed by atoms with E-state index < -0.39 is 15.6 Å². The van der Waals surface area contributed by atoms with Crippen molar-refractivity contribution in [2.75, 3.05) is 19.8 Å². The molecular weight excluding hydrogens is 282 g/mol. The highest BCUT2D eigenvalue weighted by atomic mass is 35.5. The SMILES string of the molecule is O=S(=O)(NCC1(O)CCOC1)c1cnc(Cl)nc1. The summed E-state index contributed by atoms with van der Waals surface area (Å²) in [6.07, 6.45) is 2.60. The van der Waals surface area contributed by atoms with Crippen LogP contribution in [0, 0.1) is 0 Å². The molecule has 0 radical (unpaired) electrons. The number of rotatable bonds is 4. The number of hydrogen-bond acceptors (Lipinski definition) is 6. The number of nitrogens with one attached hydrogen (secondary N) is 1. The van der Waals surface area contributed by atoms with Crippen LogP contribution in [0.1, 0.15) is 6.42 Å². The van der Waals surface area contributed by atoms with Gasteiger partial charge in [0.05, 0.1) is 19.0 Å². The molecule has 1 aromatic rings. The largest absolute Gasteiger partial charge is 0.386 e. The lowest BCUT2D eigenvalue weighted by Gasteiger charge is -2.20. The van der Waals surface area contributed by atoms with Gasteiger partial charge in [0.15, 0.2) is 0 Å². The number of nitrogens with zero attached hydrogens (tertiary/aromatic N) is 2. The summed E-state index contributed by atoms with van der Waals surface area (Å²) in [5.74, 6) is 0. The van der Waals surface area contributed by atoms with Gasteiger partial charge >= 0.3 is 0 Å². The van der Waals surface area contributed by atoms with Gasteiger partial charge in [0.2, 0.25) is 15.3 Å². The number of ether oxygens (including phenoxy) is 1. The Hall–Kier alpha value is -0.800. The first-order valence-electron chi connectivity index (χ1n) is 5.19. The molecular formula is C9H12ClN3O4S. The molecule has 0 aromatic carbocycles. The zero-order chi connectivity index (χ0) is 13.2. The fraction of sp³-hybridized carbons (Fsp3) is 0.556. The number of halogens is 1. The molecule has 18 heavy (non-hydrogen) atoms. The van der Waals surface area contributed by atoms with Crippen LogP contribution in [0.25, 0.3) is 0 Å². The van der Waals surface area contributed by atoms with E-state index in [1.54, 1.807) is 0 Å². The Labute approximate surface area is 109 Å². The van der Waals surface area contributed by atoms with E-state index in [4.69, 9.17) is 16.3 Å². The third-order valence-corrected chi connectivity index (χ3v) is 4.13. The first kappa shape index (κ1) is 13.6. The predicted molar refractivity (Wildman–Crippen MR) is 62.6 cm³/mol. The van der Waals surface area contributed by atoms with Gasteiger partial charge in [0.1, 0.15) is 10.5 Å². The number of sulfonamides is 1. The van der Waals surface area contributed by atoms with Crippen molar-refractivity contribution in [1.29, 1.82) is 0 Å². The van der Waals surface area contributed by atoms with Crippen molar-refractivity contribution in [2.24, 2.45) is 0 Å². The van der Waals surface area contributed by atoms with Gasteiger partial charge in [0.25, 0.3) is 0 Å². The zero-order valence-electron chi connectivity index (χ0n) is 9.34. The van der Waals surface area contributed by atoms with Crippen LogP contribution in [0.4, 0.5) is 0 Å².